The van der Waals surface area contributed by atoms with E-state index in [1.54, 1.807) is 12.4 Å². The van der Waals surface area contributed by atoms with E-state index in [4.69, 9.17) is 15.5 Å². The fraction of sp³-hybridized carbons (Fsp3) is 0.188. The van der Waals surface area contributed by atoms with Crippen molar-refractivity contribution in [1.82, 2.24) is 24.9 Å². The van der Waals surface area contributed by atoms with Gasteiger partial charge in [0.1, 0.15) is 5.75 Å². The molecule has 204 valence electrons. The molecule has 0 aliphatic heterocycles. The van der Waals surface area contributed by atoms with E-state index in [9.17, 15) is 0 Å². The summed E-state index contributed by atoms with van der Waals surface area (Å²) in [4.78, 5) is 21.8. The van der Waals surface area contributed by atoms with Crippen molar-refractivity contribution in [2.24, 2.45) is 5.73 Å². The van der Waals surface area contributed by atoms with Crippen LogP contribution >= 0.6 is 0 Å². The van der Waals surface area contributed by atoms with Gasteiger partial charge in [-0.1, -0.05) is 36.4 Å². The molecule has 0 saturated heterocycles. The molecular weight excluding hydrogens is 512 g/mol. The fourth-order valence-electron chi connectivity index (χ4n) is 5.40. The van der Waals surface area contributed by atoms with Crippen molar-refractivity contribution in [3.63, 3.8) is 0 Å². The lowest BCUT2D eigenvalue weighted by Gasteiger charge is -2.26. The normalized spacial score (nSPS) is 17.0. The molecule has 0 unspecified atom stereocenters. The van der Waals surface area contributed by atoms with Crippen LogP contribution in [0.15, 0.2) is 91.3 Å². The Kier molecular flexibility index (Phi) is 6.62. The highest BCUT2D eigenvalue weighted by Crippen LogP contribution is 2.37. The van der Waals surface area contributed by atoms with E-state index < -0.39 is 0 Å². The van der Waals surface area contributed by atoms with E-state index in [-0.39, 0.29) is 0 Å². The Balaban J connectivity index is 1.17. The smallest absolute Gasteiger partial charge is 0.228 e. The minimum absolute atomic E-state index is 0.293. The van der Waals surface area contributed by atoms with Gasteiger partial charge in [0.05, 0.1) is 22.3 Å². The number of nitrogens with one attached hydrogen (secondary N) is 3. The number of nitrogens with two attached hydrogens (primary N) is 1. The van der Waals surface area contributed by atoms with Crippen molar-refractivity contribution in [2.45, 2.75) is 37.8 Å². The van der Waals surface area contributed by atoms with Crippen LogP contribution in [0.3, 0.4) is 0 Å². The zero-order valence-corrected chi connectivity index (χ0v) is 22.4. The number of imidazole rings is 1. The monoisotopic (exact) mass is 542 g/mol. The first kappa shape index (κ1) is 25.0. The maximum absolute atomic E-state index is 6.48. The van der Waals surface area contributed by atoms with Crippen LogP contribution < -0.4 is 21.1 Å². The minimum atomic E-state index is 0.293. The molecule has 41 heavy (non-hydrogen) atoms. The molecule has 9 nitrogen and oxygen atoms in total. The van der Waals surface area contributed by atoms with Crippen LogP contribution in [0.25, 0.3) is 33.1 Å². The molecular formula is C32H30N8O. The predicted octanol–water partition coefficient (Wildman–Crippen LogP) is 6.79. The van der Waals surface area contributed by atoms with Gasteiger partial charge in [-0.25, -0.2) is 19.9 Å². The lowest BCUT2D eigenvalue weighted by Crippen LogP contribution is -2.33. The topological polar surface area (TPSA) is 127 Å². The molecule has 3 aromatic heterocycles. The summed E-state index contributed by atoms with van der Waals surface area (Å²) in [6, 6.07) is 26.4. The number of aromatic amines is 1. The number of anilines is 3. The van der Waals surface area contributed by atoms with Crippen molar-refractivity contribution in [3.8, 4) is 22.9 Å². The third-order valence-corrected chi connectivity index (χ3v) is 7.54. The first-order valence-corrected chi connectivity index (χ1v) is 13.9. The summed E-state index contributed by atoms with van der Waals surface area (Å²) in [6.45, 7) is 0. The summed E-state index contributed by atoms with van der Waals surface area (Å²) >= 11 is 0. The number of para-hydroxylation sites is 2. The van der Waals surface area contributed by atoms with Crippen LogP contribution in [-0.2, 0) is 0 Å². The summed E-state index contributed by atoms with van der Waals surface area (Å²) in [5.41, 5.74) is 10.4. The van der Waals surface area contributed by atoms with Gasteiger partial charge in [0.15, 0.2) is 0 Å². The average molecular weight is 543 g/mol. The standard InChI is InChI=1S/C32H30N8O/c33-20-11-13-21(14-12-20)36-31-35-19-17-26(37-31)24-8-5-18-34-30(24)41-29-16-15-25(22-6-1-2-7-23(22)29)38-32-39-27-9-3-4-10-28(27)40-32/h1-10,15-21H,11-14,33H2,(H,35,36,37)(H2,38,39,40). The second-order valence-electron chi connectivity index (χ2n) is 10.4. The number of pyridine rings is 1. The van der Waals surface area contributed by atoms with Gasteiger partial charge >= 0.3 is 0 Å². The number of ether oxygens (including phenoxy) is 1. The molecule has 1 aliphatic rings. The molecule has 1 aliphatic carbocycles. The van der Waals surface area contributed by atoms with Crippen LogP contribution in [0, 0.1) is 0 Å². The quantitative estimate of drug-likeness (QED) is 0.174. The highest BCUT2D eigenvalue weighted by molar-refractivity contribution is 5.99. The molecule has 3 aromatic carbocycles. The maximum atomic E-state index is 6.48. The van der Waals surface area contributed by atoms with Gasteiger partial charge in [0.25, 0.3) is 0 Å². The lowest BCUT2D eigenvalue weighted by molar-refractivity contribution is 0.410. The van der Waals surface area contributed by atoms with Gasteiger partial charge in [0, 0.05) is 40.9 Å². The molecule has 5 N–H and O–H groups in total. The van der Waals surface area contributed by atoms with Crippen molar-refractivity contribution in [2.75, 3.05) is 10.6 Å². The van der Waals surface area contributed by atoms with Gasteiger partial charge in [-0.2, -0.15) is 0 Å². The zero-order valence-electron chi connectivity index (χ0n) is 22.4. The number of aromatic nitrogens is 5. The third-order valence-electron chi connectivity index (χ3n) is 7.54. The molecule has 6 aromatic rings. The molecule has 1 fully saturated rings. The molecule has 0 atom stereocenters. The average Bonchev–Trinajstić information content (AvgIpc) is 3.42. The molecule has 0 radical (unpaired) electrons. The molecule has 1 saturated carbocycles. The lowest BCUT2D eigenvalue weighted by atomic mass is 9.92. The van der Waals surface area contributed by atoms with E-state index in [1.165, 1.54) is 0 Å². The summed E-state index contributed by atoms with van der Waals surface area (Å²) in [6.07, 6.45) is 7.56. The Morgan fingerprint density at radius 2 is 1.61 bits per heavy atom. The highest BCUT2D eigenvalue weighted by Gasteiger charge is 2.20. The number of hydrogen-bond donors (Lipinski definition) is 4. The Morgan fingerprint density at radius 1 is 0.780 bits per heavy atom. The third kappa shape index (κ3) is 5.27. The van der Waals surface area contributed by atoms with Crippen LogP contribution in [0.2, 0.25) is 0 Å². The summed E-state index contributed by atoms with van der Waals surface area (Å²) in [5, 5.41) is 8.88. The van der Waals surface area contributed by atoms with Gasteiger partial charge in [-0.15, -0.1) is 0 Å². The first-order chi connectivity index (χ1) is 20.2. The maximum Gasteiger partial charge on any atom is 0.228 e. The molecule has 3 heterocycles. The fourth-order valence-corrected chi connectivity index (χ4v) is 5.40. The molecule has 7 rings (SSSR count). The SMILES string of the molecule is NC1CCC(Nc2nccc(-c3cccnc3Oc3ccc(Nc4nc5ccccc5[nH]4)c4ccccc34)n2)CC1. The summed E-state index contributed by atoms with van der Waals surface area (Å²) in [5.74, 6) is 2.45. The van der Waals surface area contributed by atoms with Gasteiger partial charge in [-0.3, -0.25) is 0 Å². The Labute approximate surface area is 237 Å². The molecule has 0 amide bonds. The number of fused-ring (bicyclic) bond motifs is 2. The van der Waals surface area contributed by atoms with Crippen molar-refractivity contribution in [1.29, 1.82) is 0 Å². The van der Waals surface area contributed by atoms with Gasteiger partial charge in [0.2, 0.25) is 17.8 Å². The second-order valence-corrected chi connectivity index (χ2v) is 10.4. The Bertz CT molecular complexity index is 1790. The van der Waals surface area contributed by atoms with Crippen LogP contribution in [0.5, 0.6) is 11.6 Å². The first-order valence-electron chi connectivity index (χ1n) is 13.9. The number of nitrogens with zero attached hydrogens (tertiary/aromatic N) is 4. The van der Waals surface area contributed by atoms with E-state index >= 15 is 0 Å². The molecule has 0 spiro atoms. The van der Waals surface area contributed by atoms with Crippen molar-refractivity contribution < 1.29 is 4.74 Å². The number of H-pyrrole nitrogens is 1. The predicted molar refractivity (Wildman–Crippen MR) is 163 cm³/mol. The van der Waals surface area contributed by atoms with Crippen molar-refractivity contribution >= 4 is 39.4 Å². The Morgan fingerprint density at radius 3 is 2.49 bits per heavy atom. The van der Waals surface area contributed by atoms with Gasteiger partial charge in [-0.05, 0) is 68.1 Å². The number of hydrogen-bond acceptors (Lipinski definition) is 8. The van der Waals surface area contributed by atoms with Gasteiger partial charge < -0.3 is 26.1 Å². The van der Waals surface area contributed by atoms with E-state index in [1.807, 2.05) is 72.8 Å². The van der Waals surface area contributed by atoms with E-state index in [0.717, 1.165) is 64.4 Å². The molecule has 0 bridgehead atoms. The summed E-state index contributed by atoms with van der Waals surface area (Å²) in [7, 11) is 0. The Hall–Kier alpha value is -5.02. The number of rotatable bonds is 7. The highest BCUT2D eigenvalue weighted by atomic mass is 16.5. The van der Waals surface area contributed by atoms with E-state index in [2.05, 4.69) is 36.6 Å². The largest absolute Gasteiger partial charge is 0.438 e. The minimum Gasteiger partial charge on any atom is -0.438 e. The zero-order chi connectivity index (χ0) is 27.6. The second kappa shape index (κ2) is 10.9. The van der Waals surface area contributed by atoms with Crippen LogP contribution in [-0.4, -0.2) is 37.0 Å². The van der Waals surface area contributed by atoms with Crippen LogP contribution in [0.4, 0.5) is 17.6 Å². The number of benzene rings is 3. The molecule has 9 heteroatoms. The van der Waals surface area contributed by atoms with Crippen molar-refractivity contribution in [3.05, 3.63) is 91.3 Å². The van der Waals surface area contributed by atoms with Crippen LogP contribution in [0.1, 0.15) is 25.7 Å². The summed E-state index contributed by atoms with van der Waals surface area (Å²) < 4.78 is 6.48. The van der Waals surface area contributed by atoms with E-state index in [0.29, 0.717) is 35.6 Å².